The molecule has 2 aliphatic rings. The molecular formula is C24H30ClN3O3. The fourth-order valence-electron chi connectivity index (χ4n) is 4.54. The third kappa shape index (κ3) is 5.38. The molecule has 7 heteroatoms. The predicted molar refractivity (Wildman–Crippen MR) is 117 cm³/mol. The fraction of sp³-hybridized carbons (Fsp3) is 0.417. The molecule has 0 spiro atoms. The average Bonchev–Trinajstić information content (AvgIpc) is 2.94. The summed E-state index contributed by atoms with van der Waals surface area (Å²) in [5, 5.41) is 2.73. The van der Waals surface area contributed by atoms with Crippen molar-refractivity contribution in [2.45, 2.75) is 38.5 Å². The molecule has 0 atom stereocenters. The second-order valence-electron chi connectivity index (χ2n) is 8.13. The second-order valence-corrected chi connectivity index (χ2v) is 8.13. The number of anilines is 3. The van der Waals surface area contributed by atoms with E-state index in [2.05, 4.69) is 11.4 Å². The molecular weight excluding hydrogens is 414 g/mol. The Morgan fingerprint density at radius 2 is 1.71 bits per heavy atom. The Morgan fingerprint density at radius 1 is 1.00 bits per heavy atom. The number of aryl methyl sites for hydroxylation is 2. The number of benzene rings is 2. The smallest absolute Gasteiger partial charge is 0.411 e. The number of fused-ring (bicyclic) bond motifs is 2. The van der Waals surface area contributed by atoms with Crippen molar-refractivity contribution in [3.63, 3.8) is 0 Å². The predicted octanol–water partition coefficient (Wildman–Crippen LogP) is 0.0911. The minimum atomic E-state index is -0.518. The fourth-order valence-corrected chi connectivity index (χ4v) is 4.54. The Labute approximate surface area is 190 Å². The topological polar surface area (TPSA) is 63.1 Å². The van der Waals surface area contributed by atoms with Crippen LogP contribution in [0.4, 0.5) is 21.9 Å². The molecule has 0 aliphatic carbocycles. The van der Waals surface area contributed by atoms with Crippen molar-refractivity contribution < 1.29 is 31.6 Å². The minimum absolute atomic E-state index is 0. The number of para-hydroxylation sites is 1. The highest BCUT2D eigenvalue weighted by molar-refractivity contribution is 6.03. The number of nitrogens with one attached hydrogen (secondary N) is 2. The molecule has 2 aromatic carbocycles. The van der Waals surface area contributed by atoms with Crippen LogP contribution in [0.3, 0.4) is 0 Å². The number of hydrogen-bond acceptors (Lipinski definition) is 3. The summed E-state index contributed by atoms with van der Waals surface area (Å²) in [6.07, 6.45) is 5.54. The van der Waals surface area contributed by atoms with Crippen molar-refractivity contribution >= 4 is 29.1 Å². The van der Waals surface area contributed by atoms with Gasteiger partial charge in [-0.05, 0) is 61.4 Å². The van der Waals surface area contributed by atoms with Crippen molar-refractivity contribution in [2.24, 2.45) is 0 Å². The van der Waals surface area contributed by atoms with E-state index in [1.54, 1.807) is 0 Å². The summed E-state index contributed by atoms with van der Waals surface area (Å²) >= 11 is 0. The number of likely N-dealkylation sites (tertiary alicyclic amines) is 1. The highest BCUT2D eigenvalue weighted by Gasteiger charge is 2.27. The summed E-state index contributed by atoms with van der Waals surface area (Å²) in [7, 11) is 1.34. The van der Waals surface area contributed by atoms with Gasteiger partial charge in [-0.25, -0.2) is 4.79 Å². The van der Waals surface area contributed by atoms with Crippen molar-refractivity contribution in [3.05, 3.63) is 53.6 Å². The van der Waals surface area contributed by atoms with Gasteiger partial charge in [0.25, 0.3) is 0 Å². The van der Waals surface area contributed by atoms with Crippen molar-refractivity contribution in [1.29, 1.82) is 0 Å². The molecule has 0 radical (unpaired) electrons. The maximum Gasteiger partial charge on any atom is 0.411 e. The van der Waals surface area contributed by atoms with Crippen molar-refractivity contribution in [3.8, 4) is 0 Å². The van der Waals surface area contributed by atoms with E-state index >= 15 is 0 Å². The summed E-state index contributed by atoms with van der Waals surface area (Å²) in [5.74, 6) is 0.110. The number of quaternary nitrogens is 1. The number of rotatable bonds is 4. The molecule has 2 N–H and O–H groups in total. The zero-order chi connectivity index (χ0) is 20.9. The molecule has 0 saturated carbocycles. The van der Waals surface area contributed by atoms with Gasteiger partial charge in [-0.3, -0.25) is 15.0 Å². The molecule has 6 nitrogen and oxygen atoms in total. The number of hydrogen-bond donors (Lipinski definition) is 2. The van der Waals surface area contributed by atoms with Gasteiger partial charge < -0.3 is 22.0 Å². The van der Waals surface area contributed by atoms with Gasteiger partial charge in [0, 0.05) is 5.69 Å². The van der Waals surface area contributed by atoms with Crippen LogP contribution in [0.1, 0.15) is 36.8 Å². The van der Waals surface area contributed by atoms with Crippen LogP contribution in [0.25, 0.3) is 0 Å². The Bertz CT molecular complexity index is 928. The van der Waals surface area contributed by atoms with E-state index in [0.29, 0.717) is 12.1 Å². The minimum Gasteiger partial charge on any atom is -1.00 e. The maximum absolute atomic E-state index is 13.5. The monoisotopic (exact) mass is 443 g/mol. The molecule has 2 heterocycles. The van der Waals surface area contributed by atoms with Crippen LogP contribution >= 0.6 is 0 Å². The number of halogens is 1. The number of methoxy groups -OCH3 is 1. The number of carbonyl (C=O) groups excluding carboxylic acids is 2. The van der Waals surface area contributed by atoms with Crippen molar-refractivity contribution in [1.82, 2.24) is 0 Å². The van der Waals surface area contributed by atoms with Crippen LogP contribution in [0.2, 0.25) is 0 Å². The molecule has 0 aromatic heterocycles. The van der Waals surface area contributed by atoms with Crippen LogP contribution in [0, 0.1) is 0 Å². The zero-order valence-electron chi connectivity index (χ0n) is 18.0. The maximum atomic E-state index is 13.5. The lowest BCUT2D eigenvalue weighted by atomic mass is 10.0. The van der Waals surface area contributed by atoms with Crippen molar-refractivity contribution in [2.75, 3.05) is 37.0 Å². The first-order valence-electron chi connectivity index (χ1n) is 10.9. The summed E-state index contributed by atoms with van der Waals surface area (Å²) in [6.45, 7) is 3.19. The van der Waals surface area contributed by atoms with E-state index < -0.39 is 6.09 Å². The van der Waals surface area contributed by atoms with Gasteiger partial charge in [0.1, 0.15) is 0 Å². The van der Waals surface area contributed by atoms with E-state index in [9.17, 15) is 9.59 Å². The standard InChI is InChI=1S/C24H29N3O3.ClH/c1-30-24(29)25-20-12-11-19-10-9-18-7-3-4-8-21(18)27(22(19)17-20)23(28)13-16-26-14-5-2-6-15-26;/h3-4,7-8,11-12,17H,2,5-6,9-10,13-16H2,1H3,(H,25,29);1H. The first-order chi connectivity index (χ1) is 14.7. The van der Waals surface area contributed by atoms with Gasteiger partial charge in [-0.1, -0.05) is 24.3 Å². The molecule has 0 bridgehead atoms. The van der Waals surface area contributed by atoms with E-state index in [4.69, 9.17) is 4.74 Å². The molecule has 4 rings (SSSR count). The molecule has 1 saturated heterocycles. The van der Waals surface area contributed by atoms with Gasteiger partial charge in [-0.2, -0.15) is 0 Å². The second kappa shape index (κ2) is 10.6. The summed E-state index contributed by atoms with van der Waals surface area (Å²) in [6, 6.07) is 13.9. The van der Waals surface area contributed by atoms with E-state index in [1.807, 2.05) is 41.3 Å². The lowest BCUT2D eigenvalue weighted by molar-refractivity contribution is -0.904. The van der Waals surface area contributed by atoms with E-state index in [1.165, 1.54) is 36.8 Å². The molecule has 2 aliphatic heterocycles. The van der Waals surface area contributed by atoms with Gasteiger partial charge in [0.2, 0.25) is 5.91 Å². The third-order valence-electron chi connectivity index (χ3n) is 6.16. The first kappa shape index (κ1) is 23.1. The largest absolute Gasteiger partial charge is 1.00 e. The van der Waals surface area contributed by atoms with Crippen LogP contribution in [-0.2, 0) is 22.4 Å². The van der Waals surface area contributed by atoms with Crippen LogP contribution < -0.4 is 27.5 Å². The van der Waals surface area contributed by atoms with Crippen LogP contribution in [-0.4, -0.2) is 38.7 Å². The highest BCUT2D eigenvalue weighted by Crippen LogP contribution is 2.38. The molecule has 2 aromatic rings. The normalized spacial score (nSPS) is 15.7. The molecule has 31 heavy (non-hydrogen) atoms. The summed E-state index contributed by atoms with van der Waals surface area (Å²) in [4.78, 5) is 28.6. The Hall–Kier alpha value is -2.57. The number of piperidine rings is 1. The van der Waals surface area contributed by atoms with Gasteiger partial charge >= 0.3 is 6.09 Å². The van der Waals surface area contributed by atoms with E-state index in [-0.39, 0.29) is 18.3 Å². The number of nitrogens with zero attached hydrogens (tertiary/aromatic N) is 1. The summed E-state index contributed by atoms with van der Waals surface area (Å²) < 4.78 is 4.73. The number of carbonyl (C=O) groups is 2. The lowest BCUT2D eigenvalue weighted by Gasteiger charge is -2.27. The van der Waals surface area contributed by atoms with Gasteiger partial charge in [0.15, 0.2) is 0 Å². The lowest BCUT2D eigenvalue weighted by Crippen LogP contribution is -3.12. The molecule has 166 valence electrons. The quantitative estimate of drug-likeness (QED) is 0.704. The molecule has 0 unspecified atom stereocenters. The average molecular weight is 444 g/mol. The Morgan fingerprint density at radius 3 is 2.45 bits per heavy atom. The molecule has 1 fully saturated rings. The highest BCUT2D eigenvalue weighted by atomic mass is 35.5. The van der Waals surface area contributed by atoms with Gasteiger partial charge in [0.05, 0.1) is 44.5 Å². The van der Waals surface area contributed by atoms with Gasteiger partial charge in [-0.15, -0.1) is 0 Å². The van der Waals surface area contributed by atoms with Crippen LogP contribution in [0.5, 0.6) is 0 Å². The number of ether oxygens (including phenoxy) is 1. The Balaban J connectivity index is 0.00000272. The zero-order valence-corrected chi connectivity index (χ0v) is 18.7. The number of amides is 2. The SMILES string of the molecule is COC(=O)Nc1ccc2c(c1)N(C(=O)CC[NH+]1CCCCC1)c1ccccc1CC2.[Cl-]. The third-order valence-corrected chi connectivity index (χ3v) is 6.16. The Kier molecular flexibility index (Phi) is 7.93. The van der Waals surface area contributed by atoms with Crippen LogP contribution in [0.15, 0.2) is 42.5 Å². The van der Waals surface area contributed by atoms with E-state index in [0.717, 1.165) is 49.4 Å². The molecule has 2 amide bonds. The first-order valence-corrected chi connectivity index (χ1v) is 10.9. The summed E-state index contributed by atoms with van der Waals surface area (Å²) in [5.41, 5.74) is 4.71.